The zero-order chi connectivity index (χ0) is 14.6. The average Bonchev–Trinajstić information content (AvgIpc) is 2.86. The van der Waals surface area contributed by atoms with Crippen LogP contribution in [-0.2, 0) is 10.0 Å². The summed E-state index contributed by atoms with van der Waals surface area (Å²) < 4.78 is 27.4. The first-order valence-corrected chi connectivity index (χ1v) is 8.97. The van der Waals surface area contributed by atoms with Crippen molar-refractivity contribution in [1.29, 1.82) is 0 Å². The summed E-state index contributed by atoms with van der Waals surface area (Å²) in [6.45, 7) is 5.00. The van der Waals surface area contributed by atoms with Crippen LogP contribution < -0.4 is 4.72 Å². The molecule has 0 atom stereocenters. The van der Waals surface area contributed by atoms with Crippen molar-refractivity contribution in [3.05, 3.63) is 30.3 Å². The van der Waals surface area contributed by atoms with Gasteiger partial charge in [-0.05, 0) is 42.7 Å². The summed E-state index contributed by atoms with van der Waals surface area (Å²) in [7, 11) is -3.37. The van der Waals surface area contributed by atoms with Crippen LogP contribution in [0.4, 0.5) is 0 Å². The van der Waals surface area contributed by atoms with Crippen LogP contribution in [0.3, 0.4) is 0 Å². The predicted octanol–water partition coefficient (Wildman–Crippen LogP) is 3.57. The first-order valence-electron chi connectivity index (χ1n) is 7.48. The molecule has 0 unspecified atom stereocenters. The van der Waals surface area contributed by atoms with E-state index in [0.29, 0.717) is 17.4 Å². The molecule has 1 aromatic carbocycles. The fourth-order valence-electron chi connectivity index (χ4n) is 3.38. The molecule has 0 heterocycles. The second-order valence-corrected chi connectivity index (χ2v) is 8.21. The third-order valence-electron chi connectivity index (χ3n) is 4.20. The zero-order valence-corrected chi connectivity index (χ0v) is 13.2. The van der Waals surface area contributed by atoms with Crippen molar-refractivity contribution in [2.45, 2.75) is 50.8 Å². The molecular formula is C16H25NO2S. The van der Waals surface area contributed by atoms with E-state index in [1.165, 1.54) is 12.8 Å². The van der Waals surface area contributed by atoms with Crippen LogP contribution in [0.25, 0.3) is 0 Å². The quantitative estimate of drug-likeness (QED) is 0.872. The Morgan fingerprint density at radius 2 is 1.75 bits per heavy atom. The summed E-state index contributed by atoms with van der Waals surface area (Å²) in [6.07, 6.45) is 5.83. The highest BCUT2D eigenvalue weighted by atomic mass is 32.2. The maximum absolute atomic E-state index is 12.3. The van der Waals surface area contributed by atoms with Crippen LogP contribution >= 0.6 is 0 Å². The Hall–Kier alpha value is -0.870. The lowest BCUT2D eigenvalue weighted by atomic mass is 9.79. The highest BCUT2D eigenvalue weighted by molar-refractivity contribution is 7.89. The standard InChI is InChI=1S/C16H25NO2S/c1-14(2)12-16(10-6-7-11-16)13-17-20(18,19)15-8-4-3-5-9-15/h3-5,8-9,14,17H,6-7,10-13H2,1-2H3. The molecule has 0 aromatic heterocycles. The van der Waals surface area contributed by atoms with E-state index in [1.807, 2.05) is 6.07 Å². The van der Waals surface area contributed by atoms with Crippen molar-refractivity contribution in [2.75, 3.05) is 6.54 Å². The van der Waals surface area contributed by atoms with Crippen LogP contribution in [0.1, 0.15) is 46.0 Å². The number of benzene rings is 1. The molecular weight excluding hydrogens is 270 g/mol. The van der Waals surface area contributed by atoms with E-state index in [-0.39, 0.29) is 5.41 Å². The average molecular weight is 295 g/mol. The molecule has 1 fully saturated rings. The van der Waals surface area contributed by atoms with E-state index in [4.69, 9.17) is 0 Å². The number of nitrogens with one attached hydrogen (secondary N) is 1. The molecule has 0 amide bonds. The number of hydrogen-bond acceptors (Lipinski definition) is 2. The Morgan fingerprint density at radius 3 is 2.30 bits per heavy atom. The molecule has 20 heavy (non-hydrogen) atoms. The lowest BCUT2D eigenvalue weighted by molar-refractivity contribution is 0.236. The van der Waals surface area contributed by atoms with Gasteiger partial charge in [-0.2, -0.15) is 0 Å². The molecule has 1 aromatic rings. The molecule has 112 valence electrons. The van der Waals surface area contributed by atoms with Crippen molar-refractivity contribution >= 4 is 10.0 Å². The summed E-state index contributed by atoms with van der Waals surface area (Å²) >= 11 is 0. The zero-order valence-electron chi connectivity index (χ0n) is 12.4. The van der Waals surface area contributed by atoms with Crippen molar-refractivity contribution in [3.63, 3.8) is 0 Å². The Kier molecular flexibility index (Phi) is 4.86. The van der Waals surface area contributed by atoms with Crippen molar-refractivity contribution in [2.24, 2.45) is 11.3 Å². The van der Waals surface area contributed by atoms with Gasteiger partial charge in [-0.25, -0.2) is 13.1 Å². The Labute approximate surface area is 122 Å². The molecule has 1 saturated carbocycles. The Bertz CT molecular complexity index is 517. The third-order valence-corrected chi connectivity index (χ3v) is 5.61. The van der Waals surface area contributed by atoms with Gasteiger partial charge in [-0.1, -0.05) is 44.9 Å². The van der Waals surface area contributed by atoms with Gasteiger partial charge in [0, 0.05) is 6.54 Å². The fourth-order valence-corrected chi connectivity index (χ4v) is 4.55. The summed E-state index contributed by atoms with van der Waals surface area (Å²) in [6, 6.07) is 8.64. The highest BCUT2D eigenvalue weighted by Crippen LogP contribution is 2.42. The molecule has 0 bridgehead atoms. The van der Waals surface area contributed by atoms with Gasteiger partial charge in [0.15, 0.2) is 0 Å². The molecule has 3 nitrogen and oxygen atoms in total. The van der Waals surface area contributed by atoms with Crippen molar-refractivity contribution < 1.29 is 8.42 Å². The van der Waals surface area contributed by atoms with E-state index in [2.05, 4.69) is 18.6 Å². The monoisotopic (exact) mass is 295 g/mol. The van der Waals surface area contributed by atoms with Gasteiger partial charge in [-0.3, -0.25) is 0 Å². The Balaban J connectivity index is 2.06. The van der Waals surface area contributed by atoms with Crippen LogP contribution in [0.2, 0.25) is 0 Å². The van der Waals surface area contributed by atoms with Gasteiger partial charge in [0.2, 0.25) is 10.0 Å². The molecule has 1 N–H and O–H groups in total. The molecule has 0 aliphatic heterocycles. The maximum atomic E-state index is 12.3. The molecule has 4 heteroatoms. The summed E-state index contributed by atoms with van der Waals surface area (Å²) in [5.41, 5.74) is 0.163. The van der Waals surface area contributed by atoms with E-state index >= 15 is 0 Å². The topological polar surface area (TPSA) is 46.2 Å². The van der Waals surface area contributed by atoms with Gasteiger partial charge >= 0.3 is 0 Å². The normalized spacial score (nSPS) is 18.6. The predicted molar refractivity (Wildman–Crippen MR) is 82.0 cm³/mol. The van der Waals surface area contributed by atoms with Crippen LogP contribution in [0, 0.1) is 11.3 Å². The highest BCUT2D eigenvalue weighted by Gasteiger charge is 2.35. The molecule has 2 rings (SSSR count). The van der Waals surface area contributed by atoms with Gasteiger partial charge in [-0.15, -0.1) is 0 Å². The second-order valence-electron chi connectivity index (χ2n) is 6.44. The minimum absolute atomic E-state index is 0.163. The van der Waals surface area contributed by atoms with Gasteiger partial charge in [0.1, 0.15) is 0 Å². The lowest BCUT2D eigenvalue weighted by Crippen LogP contribution is -2.36. The van der Waals surface area contributed by atoms with Crippen LogP contribution in [0.5, 0.6) is 0 Å². The summed E-state index contributed by atoms with van der Waals surface area (Å²) in [5.74, 6) is 0.606. The molecule has 0 saturated heterocycles. The first kappa shape index (κ1) is 15.5. The fraction of sp³-hybridized carbons (Fsp3) is 0.625. The van der Waals surface area contributed by atoms with Gasteiger partial charge in [0.05, 0.1) is 4.90 Å². The molecule has 1 aliphatic rings. The van der Waals surface area contributed by atoms with Gasteiger partial charge < -0.3 is 0 Å². The smallest absolute Gasteiger partial charge is 0.211 e. The SMILES string of the molecule is CC(C)CC1(CNS(=O)(=O)c2ccccc2)CCCC1. The van der Waals surface area contributed by atoms with Crippen molar-refractivity contribution in [1.82, 2.24) is 4.72 Å². The number of rotatable bonds is 6. The maximum Gasteiger partial charge on any atom is 0.240 e. The lowest BCUT2D eigenvalue weighted by Gasteiger charge is -2.31. The Morgan fingerprint density at radius 1 is 1.15 bits per heavy atom. The van der Waals surface area contributed by atoms with Gasteiger partial charge in [0.25, 0.3) is 0 Å². The molecule has 0 radical (unpaired) electrons. The first-order chi connectivity index (χ1) is 9.44. The minimum atomic E-state index is -3.37. The van der Waals surface area contributed by atoms with E-state index < -0.39 is 10.0 Å². The van der Waals surface area contributed by atoms with E-state index in [0.717, 1.165) is 19.3 Å². The van der Waals surface area contributed by atoms with Crippen molar-refractivity contribution in [3.8, 4) is 0 Å². The number of sulfonamides is 1. The summed E-state index contributed by atoms with van der Waals surface area (Å²) in [4.78, 5) is 0.359. The largest absolute Gasteiger partial charge is 0.240 e. The minimum Gasteiger partial charge on any atom is -0.211 e. The number of hydrogen-bond donors (Lipinski definition) is 1. The molecule has 0 spiro atoms. The van der Waals surface area contributed by atoms with Crippen LogP contribution in [0.15, 0.2) is 35.2 Å². The molecule has 1 aliphatic carbocycles. The summed E-state index contributed by atoms with van der Waals surface area (Å²) in [5, 5.41) is 0. The van der Waals surface area contributed by atoms with E-state index in [1.54, 1.807) is 24.3 Å². The second kappa shape index (κ2) is 6.27. The van der Waals surface area contributed by atoms with E-state index in [9.17, 15) is 8.42 Å². The third kappa shape index (κ3) is 3.83. The van der Waals surface area contributed by atoms with Crippen LogP contribution in [-0.4, -0.2) is 15.0 Å².